The molecule has 0 spiro atoms. The van der Waals surface area contributed by atoms with E-state index in [1.165, 1.54) is 10.1 Å². The molecule has 0 radical (unpaired) electrons. The van der Waals surface area contributed by atoms with Crippen molar-refractivity contribution in [2.45, 2.75) is 0 Å². The van der Waals surface area contributed by atoms with Gasteiger partial charge in [-0.2, -0.15) is 5.10 Å². The van der Waals surface area contributed by atoms with E-state index in [2.05, 4.69) is 5.10 Å². The van der Waals surface area contributed by atoms with Crippen LogP contribution in [0.1, 0.15) is 4.88 Å². The molecule has 1 aromatic heterocycles. The quantitative estimate of drug-likeness (QED) is 0.310. The van der Waals surface area contributed by atoms with Crippen LogP contribution >= 0.6 is 11.3 Å². The minimum absolute atomic E-state index is 0.390. The van der Waals surface area contributed by atoms with Gasteiger partial charge in [-0.3, -0.25) is 0 Å². The van der Waals surface area contributed by atoms with Crippen LogP contribution in [0.2, 0.25) is 0 Å². The highest BCUT2D eigenvalue weighted by Gasteiger charge is 2.03. The maximum absolute atomic E-state index is 5.59. The summed E-state index contributed by atoms with van der Waals surface area (Å²) in [6, 6.07) is 10.1. The zero-order valence-corrected chi connectivity index (χ0v) is 7.71. The van der Waals surface area contributed by atoms with Crippen molar-refractivity contribution in [1.29, 1.82) is 0 Å². The van der Waals surface area contributed by atoms with Gasteiger partial charge in [0.25, 0.3) is 0 Å². The highest BCUT2D eigenvalue weighted by Crippen LogP contribution is 2.24. The molecule has 2 aromatic rings. The second kappa shape index (κ2) is 3.06. The number of hydrogen-bond acceptors (Lipinski definition) is 3. The molecule has 1 aromatic carbocycles. The van der Waals surface area contributed by atoms with Crippen LogP contribution in [0.15, 0.2) is 35.4 Å². The molecular weight excluding hydrogens is 182 g/mol. The highest BCUT2D eigenvalue weighted by molar-refractivity contribution is 7.20. The Bertz CT molecular complexity index is 426. The monoisotopic (exact) mass is 191 g/mol. The van der Waals surface area contributed by atoms with Crippen molar-refractivity contribution < 1.29 is 0 Å². The smallest absolute Gasteiger partial charge is 0.160 e. The molecule has 66 valence electrons. The van der Waals surface area contributed by atoms with E-state index in [0.717, 1.165) is 4.88 Å². The Kier molecular flexibility index (Phi) is 1.90. The summed E-state index contributed by atoms with van der Waals surface area (Å²) in [5.74, 6) is 5.49. The van der Waals surface area contributed by atoms with Crippen molar-refractivity contribution in [2.24, 2.45) is 16.7 Å². The standard InChI is InChI=1S/C9H9N3S/c10-9(12-11)8-5-6-3-1-2-4-7(6)13-8/h1-5H,11H2,(H2,10,12). The van der Waals surface area contributed by atoms with Crippen LogP contribution in [0.3, 0.4) is 0 Å². The third-order valence-electron chi connectivity index (χ3n) is 1.82. The SMILES string of the molecule is N/N=C(/N)c1cc2ccccc2s1. The fourth-order valence-corrected chi connectivity index (χ4v) is 2.14. The molecule has 1 heterocycles. The first-order valence-electron chi connectivity index (χ1n) is 3.83. The van der Waals surface area contributed by atoms with Crippen molar-refractivity contribution in [1.82, 2.24) is 0 Å². The average Bonchev–Trinajstić information content (AvgIpc) is 2.59. The summed E-state index contributed by atoms with van der Waals surface area (Å²) < 4.78 is 1.20. The van der Waals surface area contributed by atoms with E-state index in [4.69, 9.17) is 11.6 Å². The number of nitrogens with two attached hydrogens (primary N) is 2. The van der Waals surface area contributed by atoms with Gasteiger partial charge in [-0.05, 0) is 17.5 Å². The van der Waals surface area contributed by atoms with Crippen molar-refractivity contribution in [2.75, 3.05) is 0 Å². The Morgan fingerprint density at radius 3 is 2.77 bits per heavy atom. The summed E-state index contributed by atoms with van der Waals surface area (Å²) in [5.41, 5.74) is 5.59. The zero-order valence-electron chi connectivity index (χ0n) is 6.90. The molecule has 0 atom stereocenters. The summed E-state index contributed by atoms with van der Waals surface area (Å²) in [5, 5.41) is 4.63. The molecule has 0 bridgehead atoms. The molecule has 0 aliphatic carbocycles. The maximum Gasteiger partial charge on any atom is 0.160 e. The van der Waals surface area contributed by atoms with E-state index < -0.39 is 0 Å². The summed E-state index contributed by atoms with van der Waals surface area (Å²) in [6.45, 7) is 0. The zero-order chi connectivity index (χ0) is 9.26. The van der Waals surface area contributed by atoms with Crippen LogP contribution in [0, 0.1) is 0 Å². The van der Waals surface area contributed by atoms with E-state index >= 15 is 0 Å². The molecule has 0 amide bonds. The Hall–Kier alpha value is -1.55. The van der Waals surface area contributed by atoms with Crippen LogP contribution < -0.4 is 11.6 Å². The Morgan fingerprint density at radius 1 is 1.31 bits per heavy atom. The fourth-order valence-electron chi connectivity index (χ4n) is 1.17. The van der Waals surface area contributed by atoms with E-state index in [9.17, 15) is 0 Å². The lowest BCUT2D eigenvalue weighted by atomic mass is 10.2. The van der Waals surface area contributed by atoms with Crippen LogP contribution in [0.4, 0.5) is 0 Å². The predicted octanol–water partition coefficient (Wildman–Crippen LogP) is 1.48. The number of hydrazone groups is 1. The molecular formula is C9H9N3S. The summed E-state index contributed by atoms with van der Waals surface area (Å²) in [4.78, 5) is 0.920. The first kappa shape index (κ1) is 8.07. The van der Waals surface area contributed by atoms with Gasteiger partial charge in [-0.1, -0.05) is 18.2 Å². The number of hydrogen-bond donors (Lipinski definition) is 2. The molecule has 0 unspecified atom stereocenters. The van der Waals surface area contributed by atoms with Gasteiger partial charge < -0.3 is 11.6 Å². The van der Waals surface area contributed by atoms with Gasteiger partial charge >= 0.3 is 0 Å². The number of benzene rings is 1. The molecule has 2 rings (SSSR count). The molecule has 4 N–H and O–H groups in total. The van der Waals surface area contributed by atoms with Gasteiger partial charge in [-0.25, -0.2) is 0 Å². The van der Waals surface area contributed by atoms with Crippen molar-refractivity contribution >= 4 is 27.3 Å². The van der Waals surface area contributed by atoms with Crippen LogP contribution in [-0.4, -0.2) is 5.84 Å². The number of nitrogens with zero attached hydrogens (tertiary/aromatic N) is 1. The number of fused-ring (bicyclic) bond motifs is 1. The number of amidine groups is 1. The van der Waals surface area contributed by atoms with Gasteiger partial charge in [0.2, 0.25) is 0 Å². The minimum Gasteiger partial charge on any atom is -0.381 e. The topological polar surface area (TPSA) is 64.4 Å². The molecule has 0 aliphatic heterocycles. The summed E-state index contributed by atoms with van der Waals surface area (Å²) in [6.07, 6.45) is 0. The molecule has 0 fully saturated rings. The van der Waals surface area contributed by atoms with E-state index in [1.54, 1.807) is 11.3 Å². The average molecular weight is 191 g/mol. The van der Waals surface area contributed by atoms with Crippen molar-refractivity contribution in [3.8, 4) is 0 Å². The van der Waals surface area contributed by atoms with Crippen LogP contribution in [0.5, 0.6) is 0 Å². The minimum atomic E-state index is 0.390. The van der Waals surface area contributed by atoms with Gasteiger partial charge in [0.15, 0.2) is 5.84 Å². The first-order valence-corrected chi connectivity index (χ1v) is 4.65. The van der Waals surface area contributed by atoms with Crippen molar-refractivity contribution in [3.05, 3.63) is 35.2 Å². The Labute approximate surface area is 79.7 Å². The van der Waals surface area contributed by atoms with Gasteiger partial charge in [0, 0.05) is 4.70 Å². The van der Waals surface area contributed by atoms with Gasteiger partial charge in [0.05, 0.1) is 4.88 Å². The lowest BCUT2D eigenvalue weighted by Crippen LogP contribution is -2.13. The predicted molar refractivity (Wildman–Crippen MR) is 56.7 cm³/mol. The van der Waals surface area contributed by atoms with E-state index in [0.29, 0.717) is 5.84 Å². The molecule has 0 aliphatic rings. The third kappa shape index (κ3) is 1.36. The Balaban J connectivity index is 2.62. The third-order valence-corrected chi connectivity index (χ3v) is 2.96. The van der Waals surface area contributed by atoms with Gasteiger partial charge in [0.1, 0.15) is 0 Å². The fraction of sp³-hybridized carbons (Fsp3) is 0. The normalized spacial score (nSPS) is 12.2. The number of rotatable bonds is 1. The van der Waals surface area contributed by atoms with Crippen LogP contribution in [0.25, 0.3) is 10.1 Å². The molecule has 13 heavy (non-hydrogen) atoms. The number of thiophene rings is 1. The first-order chi connectivity index (χ1) is 6.31. The Morgan fingerprint density at radius 2 is 2.08 bits per heavy atom. The van der Waals surface area contributed by atoms with E-state index in [1.807, 2.05) is 30.3 Å². The lowest BCUT2D eigenvalue weighted by Gasteiger charge is -1.89. The molecule has 3 nitrogen and oxygen atoms in total. The van der Waals surface area contributed by atoms with Crippen molar-refractivity contribution in [3.63, 3.8) is 0 Å². The molecule has 0 saturated heterocycles. The largest absolute Gasteiger partial charge is 0.381 e. The molecule has 0 saturated carbocycles. The van der Waals surface area contributed by atoms with Crippen LogP contribution in [-0.2, 0) is 0 Å². The lowest BCUT2D eigenvalue weighted by molar-refractivity contribution is 1.23. The second-order valence-electron chi connectivity index (χ2n) is 2.66. The maximum atomic E-state index is 5.59. The summed E-state index contributed by atoms with van der Waals surface area (Å²) in [7, 11) is 0. The highest BCUT2D eigenvalue weighted by atomic mass is 32.1. The molecule has 4 heteroatoms. The van der Waals surface area contributed by atoms with E-state index in [-0.39, 0.29) is 0 Å². The second-order valence-corrected chi connectivity index (χ2v) is 3.75. The van der Waals surface area contributed by atoms with Gasteiger partial charge in [-0.15, -0.1) is 11.3 Å². The summed E-state index contributed by atoms with van der Waals surface area (Å²) >= 11 is 1.59.